The maximum absolute atomic E-state index is 12.0. The Bertz CT molecular complexity index is 408. The second kappa shape index (κ2) is 2.98. The highest BCUT2D eigenvalue weighted by Gasteiger charge is 2.40. The van der Waals surface area contributed by atoms with E-state index in [2.05, 4.69) is 5.10 Å². The van der Waals surface area contributed by atoms with E-state index >= 15 is 0 Å². The molecule has 0 aromatic carbocycles. The number of nitrogens with zero attached hydrogens (tertiary/aromatic N) is 3. The van der Waals surface area contributed by atoms with E-state index in [1.807, 2.05) is 13.8 Å². The largest absolute Gasteiger partial charge is 0.394 e. The fraction of sp³-hybridized carbons (Fsp3) is 0.600. The van der Waals surface area contributed by atoms with Gasteiger partial charge < -0.3 is 5.73 Å². The van der Waals surface area contributed by atoms with Gasteiger partial charge in [-0.25, -0.2) is 0 Å². The van der Waals surface area contributed by atoms with Crippen LogP contribution in [0.15, 0.2) is 6.20 Å². The van der Waals surface area contributed by atoms with Crippen molar-refractivity contribution in [1.29, 1.82) is 0 Å². The first-order valence-corrected chi connectivity index (χ1v) is 5.03. The van der Waals surface area contributed by atoms with Gasteiger partial charge in [-0.1, -0.05) is 13.8 Å². The Hall–Kier alpha value is -1.52. The minimum atomic E-state index is -0.288. The first-order chi connectivity index (χ1) is 6.92. The van der Waals surface area contributed by atoms with Crippen molar-refractivity contribution in [1.82, 2.24) is 9.78 Å². The third-order valence-electron chi connectivity index (χ3n) is 2.88. The first-order valence-electron chi connectivity index (χ1n) is 5.03. The Morgan fingerprint density at radius 1 is 1.53 bits per heavy atom. The van der Waals surface area contributed by atoms with Crippen molar-refractivity contribution in [3.8, 4) is 0 Å². The second-order valence-electron chi connectivity index (χ2n) is 4.67. The molecule has 15 heavy (non-hydrogen) atoms. The first kappa shape index (κ1) is 10.0. The summed E-state index contributed by atoms with van der Waals surface area (Å²) in [6, 6.07) is 0. The summed E-state index contributed by atoms with van der Waals surface area (Å²) in [5.41, 5.74) is 6.07. The zero-order valence-electron chi connectivity index (χ0n) is 9.32. The zero-order chi connectivity index (χ0) is 11.2. The quantitative estimate of drug-likeness (QED) is 0.741. The number of aromatic nitrogens is 2. The van der Waals surface area contributed by atoms with Gasteiger partial charge >= 0.3 is 0 Å². The van der Waals surface area contributed by atoms with Crippen molar-refractivity contribution in [2.24, 2.45) is 12.5 Å². The predicted molar refractivity (Wildman–Crippen MR) is 58.4 cm³/mol. The maximum Gasteiger partial charge on any atom is 0.233 e. The number of nitrogen functional groups attached to an aromatic ring is 1. The molecule has 1 saturated heterocycles. The summed E-state index contributed by atoms with van der Waals surface area (Å²) in [5.74, 6) is 0.695. The van der Waals surface area contributed by atoms with Crippen LogP contribution in [0.4, 0.5) is 11.5 Å². The Balaban J connectivity index is 2.34. The minimum absolute atomic E-state index is 0.105. The van der Waals surface area contributed by atoms with Crippen LogP contribution in [0.2, 0.25) is 0 Å². The topological polar surface area (TPSA) is 64.2 Å². The highest BCUT2D eigenvalue weighted by Crippen LogP contribution is 2.35. The molecular formula is C10H16N4O. The minimum Gasteiger partial charge on any atom is -0.394 e. The number of carbonyl (C=O) groups excluding carboxylic acids is 1. The second-order valence-corrected chi connectivity index (χ2v) is 4.67. The number of nitrogens with two attached hydrogens (primary N) is 1. The third kappa shape index (κ3) is 1.48. The van der Waals surface area contributed by atoms with Crippen LogP contribution < -0.4 is 10.6 Å². The summed E-state index contributed by atoms with van der Waals surface area (Å²) in [6.45, 7) is 4.61. The molecule has 0 aliphatic carbocycles. The molecule has 0 atom stereocenters. The molecule has 5 heteroatoms. The van der Waals surface area contributed by atoms with E-state index in [0.29, 0.717) is 18.1 Å². The van der Waals surface area contributed by atoms with Crippen molar-refractivity contribution < 1.29 is 4.79 Å². The van der Waals surface area contributed by atoms with Crippen molar-refractivity contribution in [2.75, 3.05) is 17.2 Å². The number of aryl methyl sites for hydroxylation is 1. The lowest BCUT2D eigenvalue weighted by molar-refractivity contribution is -0.124. The van der Waals surface area contributed by atoms with Crippen LogP contribution >= 0.6 is 0 Å². The van der Waals surface area contributed by atoms with Crippen LogP contribution in [0.5, 0.6) is 0 Å². The summed E-state index contributed by atoms with van der Waals surface area (Å²) < 4.78 is 1.63. The maximum atomic E-state index is 12.0. The molecule has 82 valence electrons. The van der Waals surface area contributed by atoms with E-state index < -0.39 is 0 Å². The van der Waals surface area contributed by atoms with Crippen LogP contribution in [0.3, 0.4) is 0 Å². The van der Waals surface area contributed by atoms with Gasteiger partial charge in [0.25, 0.3) is 0 Å². The van der Waals surface area contributed by atoms with Gasteiger partial charge in [0.05, 0.1) is 5.69 Å². The van der Waals surface area contributed by atoms with Gasteiger partial charge in [-0.05, 0) is 6.42 Å². The highest BCUT2D eigenvalue weighted by molar-refractivity contribution is 6.00. The van der Waals surface area contributed by atoms with Crippen molar-refractivity contribution >= 4 is 17.4 Å². The van der Waals surface area contributed by atoms with Gasteiger partial charge in [0.15, 0.2) is 5.82 Å². The Morgan fingerprint density at radius 2 is 2.20 bits per heavy atom. The number of hydrogen-bond acceptors (Lipinski definition) is 3. The molecule has 1 fully saturated rings. The number of hydrogen-bond donors (Lipinski definition) is 1. The monoisotopic (exact) mass is 208 g/mol. The molecule has 2 heterocycles. The molecule has 1 amide bonds. The van der Waals surface area contributed by atoms with E-state index in [1.165, 1.54) is 0 Å². The van der Waals surface area contributed by atoms with Crippen molar-refractivity contribution in [3.63, 3.8) is 0 Å². The fourth-order valence-corrected chi connectivity index (χ4v) is 1.87. The number of carbonyl (C=O) groups is 1. The van der Waals surface area contributed by atoms with Crippen molar-refractivity contribution in [2.45, 2.75) is 20.3 Å². The Kier molecular flexibility index (Phi) is 1.99. The molecular weight excluding hydrogens is 192 g/mol. The summed E-state index contributed by atoms with van der Waals surface area (Å²) in [7, 11) is 1.80. The van der Waals surface area contributed by atoms with Crippen LogP contribution in [-0.2, 0) is 11.8 Å². The number of rotatable bonds is 1. The van der Waals surface area contributed by atoms with E-state index in [-0.39, 0.29) is 11.3 Å². The van der Waals surface area contributed by atoms with Crippen LogP contribution in [0.25, 0.3) is 0 Å². The summed E-state index contributed by atoms with van der Waals surface area (Å²) >= 11 is 0. The van der Waals surface area contributed by atoms with Crippen LogP contribution in [-0.4, -0.2) is 22.2 Å². The molecule has 2 rings (SSSR count). The Morgan fingerprint density at radius 3 is 2.60 bits per heavy atom. The summed E-state index contributed by atoms with van der Waals surface area (Å²) in [4.78, 5) is 13.7. The van der Waals surface area contributed by atoms with Crippen molar-refractivity contribution in [3.05, 3.63) is 6.20 Å². The number of amides is 1. The number of anilines is 2. The lowest BCUT2D eigenvalue weighted by Gasteiger charge is -2.17. The molecule has 5 nitrogen and oxygen atoms in total. The fourth-order valence-electron chi connectivity index (χ4n) is 1.87. The van der Waals surface area contributed by atoms with Gasteiger partial charge in [0.2, 0.25) is 5.91 Å². The molecule has 2 N–H and O–H groups in total. The SMILES string of the molecule is Cn1cc(N)c(N2CCC(C)(C)C2=O)n1. The van der Waals surface area contributed by atoms with Gasteiger partial charge in [0.1, 0.15) is 0 Å². The Labute approximate surface area is 88.8 Å². The molecule has 0 spiro atoms. The van der Waals surface area contributed by atoms with E-state index in [1.54, 1.807) is 22.8 Å². The highest BCUT2D eigenvalue weighted by atomic mass is 16.2. The van der Waals surface area contributed by atoms with Gasteiger partial charge in [0, 0.05) is 25.2 Å². The summed E-state index contributed by atoms with van der Waals surface area (Å²) in [5, 5.41) is 4.20. The van der Waals surface area contributed by atoms with E-state index in [9.17, 15) is 4.79 Å². The molecule has 0 radical (unpaired) electrons. The average Bonchev–Trinajstić information content (AvgIpc) is 2.56. The average molecular weight is 208 g/mol. The predicted octanol–water partition coefficient (Wildman–Crippen LogP) is 0.765. The molecule has 1 aliphatic rings. The molecule has 0 bridgehead atoms. The molecule has 1 aromatic heterocycles. The van der Waals surface area contributed by atoms with Gasteiger partial charge in [-0.15, -0.1) is 0 Å². The lowest BCUT2D eigenvalue weighted by Crippen LogP contribution is -2.31. The van der Waals surface area contributed by atoms with Crippen LogP contribution in [0, 0.1) is 5.41 Å². The summed E-state index contributed by atoms with van der Waals surface area (Å²) in [6.07, 6.45) is 2.57. The van der Waals surface area contributed by atoms with E-state index in [0.717, 1.165) is 6.42 Å². The van der Waals surface area contributed by atoms with E-state index in [4.69, 9.17) is 5.73 Å². The van der Waals surface area contributed by atoms with Crippen LogP contribution in [0.1, 0.15) is 20.3 Å². The molecule has 0 saturated carbocycles. The molecule has 0 unspecified atom stereocenters. The third-order valence-corrected chi connectivity index (χ3v) is 2.88. The smallest absolute Gasteiger partial charge is 0.233 e. The normalized spacial score (nSPS) is 19.9. The lowest BCUT2D eigenvalue weighted by atomic mass is 9.92. The van der Waals surface area contributed by atoms with Gasteiger partial charge in [-0.3, -0.25) is 14.4 Å². The standard InChI is InChI=1S/C10H16N4O/c1-10(2)4-5-14(9(10)15)8-7(11)6-13(3)12-8/h6H,4-5,11H2,1-3H3. The molecule has 1 aliphatic heterocycles. The van der Waals surface area contributed by atoms with Gasteiger partial charge in [-0.2, -0.15) is 5.10 Å². The molecule has 1 aromatic rings. The zero-order valence-corrected chi connectivity index (χ0v) is 9.32.